The van der Waals surface area contributed by atoms with Crippen LogP contribution in [0.5, 0.6) is 0 Å². The normalized spacial score (nSPS) is 11.4. The number of ether oxygens (including phenoxy) is 1. The van der Waals surface area contributed by atoms with Crippen LogP contribution in [0.1, 0.15) is 84.0 Å². The van der Waals surface area contributed by atoms with Gasteiger partial charge in [-0.15, -0.1) is 29.9 Å². The topological polar surface area (TPSA) is 50.1 Å². The lowest BCUT2D eigenvalue weighted by Crippen LogP contribution is -2.09. The van der Waals surface area contributed by atoms with Crippen molar-refractivity contribution in [1.82, 2.24) is 0 Å². The Morgan fingerprint density at radius 2 is 1.68 bits per heavy atom. The molecule has 0 aliphatic carbocycles. The van der Waals surface area contributed by atoms with E-state index in [0.29, 0.717) is 12.2 Å². The molecule has 0 heterocycles. The van der Waals surface area contributed by atoms with Crippen LogP contribution in [-0.2, 0) is 9.53 Å². The number of thioether (sulfide) groups is 2. The zero-order chi connectivity index (χ0) is 20.9. The maximum atomic E-state index is 11.4. The Morgan fingerprint density at radius 3 is 2.25 bits per heavy atom. The molecule has 0 aliphatic heterocycles. The summed E-state index contributed by atoms with van der Waals surface area (Å²) < 4.78 is 5.71. The second kappa shape index (κ2) is 21.0. The molecule has 0 aliphatic rings. The molecule has 0 aromatic rings. The number of nitriles is 1. The predicted molar refractivity (Wildman–Crippen MR) is 127 cm³/mol. The number of unbranched alkanes of at least 4 members (excludes halogenated alkanes) is 9. The summed E-state index contributed by atoms with van der Waals surface area (Å²) in [6.45, 7) is 2.25. The van der Waals surface area contributed by atoms with E-state index in [1.807, 2.05) is 0 Å². The summed E-state index contributed by atoms with van der Waals surface area (Å²) in [6, 6.07) is 2.24. The number of carbonyl (C=O) groups is 1. The summed E-state index contributed by atoms with van der Waals surface area (Å²) >= 11 is 8.65. The first-order chi connectivity index (χ1) is 13.6. The molecule has 28 heavy (non-hydrogen) atoms. The van der Waals surface area contributed by atoms with E-state index in [1.165, 1.54) is 64.2 Å². The third-order valence-corrected chi connectivity index (χ3v) is 7.26. The van der Waals surface area contributed by atoms with Gasteiger partial charge in [-0.2, -0.15) is 5.26 Å². The predicted octanol–water partition coefficient (Wildman–Crippen LogP) is 6.75. The molecule has 0 spiro atoms. The minimum absolute atomic E-state index is 0.00944. The van der Waals surface area contributed by atoms with Gasteiger partial charge in [0.05, 0.1) is 12.0 Å². The Morgan fingerprint density at radius 1 is 1.07 bits per heavy atom. The molecule has 158 valence electrons. The number of hydrogen-bond donors (Lipinski definition) is 0. The van der Waals surface area contributed by atoms with Gasteiger partial charge in [-0.25, -0.2) is 0 Å². The van der Waals surface area contributed by atoms with Crippen molar-refractivity contribution in [3.63, 3.8) is 0 Å². The highest BCUT2D eigenvalue weighted by Gasteiger charge is 2.13. The Bertz CT molecular complexity index is 497. The SMILES string of the molecule is C#CCOC(=O)CCC(C#N)CSC(=S)SCCCCCCCCCCCC. The smallest absolute Gasteiger partial charge is 0.306 e. The van der Waals surface area contributed by atoms with Crippen molar-refractivity contribution in [2.75, 3.05) is 18.1 Å². The van der Waals surface area contributed by atoms with Gasteiger partial charge in [-0.3, -0.25) is 4.79 Å². The summed E-state index contributed by atoms with van der Waals surface area (Å²) in [4.78, 5) is 11.4. The average molecular weight is 442 g/mol. The molecule has 0 radical (unpaired) electrons. The zero-order valence-electron chi connectivity index (χ0n) is 17.2. The van der Waals surface area contributed by atoms with E-state index in [4.69, 9.17) is 23.4 Å². The lowest BCUT2D eigenvalue weighted by molar-refractivity contribution is -0.142. The molecule has 0 fully saturated rings. The van der Waals surface area contributed by atoms with Crippen LogP contribution < -0.4 is 0 Å². The van der Waals surface area contributed by atoms with Crippen LogP contribution in [0.25, 0.3) is 0 Å². The van der Waals surface area contributed by atoms with Gasteiger partial charge in [0, 0.05) is 12.2 Å². The van der Waals surface area contributed by atoms with Crippen molar-refractivity contribution < 1.29 is 9.53 Å². The second-order valence-corrected chi connectivity index (χ2v) is 10.1. The van der Waals surface area contributed by atoms with E-state index in [2.05, 4.69) is 18.9 Å². The van der Waals surface area contributed by atoms with Crippen LogP contribution in [0.4, 0.5) is 0 Å². The number of esters is 1. The molecular formula is C22H35NO2S3. The molecule has 0 aromatic carbocycles. The van der Waals surface area contributed by atoms with Gasteiger partial charge in [-0.05, 0) is 18.6 Å². The first kappa shape index (κ1) is 27.3. The summed E-state index contributed by atoms with van der Waals surface area (Å²) in [6.07, 6.45) is 19.1. The lowest BCUT2D eigenvalue weighted by atomic mass is 10.1. The maximum Gasteiger partial charge on any atom is 0.306 e. The Labute approximate surface area is 186 Å². The Balaban J connectivity index is 3.56. The summed E-state index contributed by atoms with van der Waals surface area (Å²) in [5, 5.41) is 9.21. The molecular weight excluding hydrogens is 406 g/mol. The monoisotopic (exact) mass is 441 g/mol. The third-order valence-electron chi connectivity index (χ3n) is 4.32. The first-order valence-corrected chi connectivity index (χ1v) is 12.8. The van der Waals surface area contributed by atoms with Gasteiger partial charge in [0.15, 0.2) is 6.61 Å². The first-order valence-electron chi connectivity index (χ1n) is 10.4. The fraction of sp³-hybridized carbons (Fsp3) is 0.773. The number of thiocarbonyl (C=S) groups is 1. The fourth-order valence-corrected chi connectivity index (χ4v) is 4.96. The van der Waals surface area contributed by atoms with Gasteiger partial charge in [0.1, 0.15) is 3.53 Å². The molecule has 0 rings (SSSR count). The van der Waals surface area contributed by atoms with E-state index in [-0.39, 0.29) is 24.9 Å². The average Bonchev–Trinajstić information content (AvgIpc) is 2.70. The standard InChI is InChI=1S/C22H35NO2S3/c1-3-5-6-7-8-9-10-11-12-13-17-27-22(26)28-19-20(18-23)14-15-21(24)25-16-4-2/h2,20H,3,5-17,19H2,1H3. The van der Waals surface area contributed by atoms with Crippen LogP contribution in [0, 0.1) is 29.6 Å². The van der Waals surface area contributed by atoms with Crippen molar-refractivity contribution in [3.8, 4) is 18.4 Å². The molecule has 0 bridgehead atoms. The highest BCUT2D eigenvalue weighted by atomic mass is 32.2. The van der Waals surface area contributed by atoms with Gasteiger partial charge >= 0.3 is 5.97 Å². The summed E-state index contributed by atoms with van der Waals surface area (Å²) in [5.41, 5.74) is 0. The second-order valence-electron chi connectivity index (χ2n) is 6.82. The molecule has 1 atom stereocenters. The van der Waals surface area contributed by atoms with Gasteiger partial charge < -0.3 is 4.74 Å². The number of terminal acetylenes is 1. The van der Waals surface area contributed by atoms with E-state index < -0.39 is 0 Å². The molecule has 0 N–H and O–H groups in total. The third kappa shape index (κ3) is 18.7. The molecule has 1 unspecified atom stereocenters. The van der Waals surface area contributed by atoms with Crippen molar-refractivity contribution in [2.24, 2.45) is 5.92 Å². The van der Waals surface area contributed by atoms with Gasteiger partial charge in [-0.1, -0.05) is 82.8 Å². The van der Waals surface area contributed by atoms with E-state index >= 15 is 0 Å². The lowest BCUT2D eigenvalue weighted by Gasteiger charge is -2.09. The molecule has 0 amide bonds. The molecule has 0 aromatic heterocycles. The number of rotatable bonds is 17. The van der Waals surface area contributed by atoms with Crippen LogP contribution in [0.15, 0.2) is 0 Å². The van der Waals surface area contributed by atoms with Gasteiger partial charge in [0.2, 0.25) is 0 Å². The fourth-order valence-electron chi connectivity index (χ4n) is 2.63. The minimum atomic E-state index is -0.346. The quantitative estimate of drug-likeness (QED) is 0.108. The molecule has 0 saturated carbocycles. The van der Waals surface area contributed by atoms with Crippen LogP contribution in [0.3, 0.4) is 0 Å². The zero-order valence-corrected chi connectivity index (χ0v) is 19.7. The number of nitrogens with zero attached hydrogens (tertiary/aromatic N) is 1. The van der Waals surface area contributed by atoms with E-state index in [9.17, 15) is 10.1 Å². The highest BCUT2D eigenvalue weighted by molar-refractivity contribution is 8.47. The van der Waals surface area contributed by atoms with Gasteiger partial charge in [0.25, 0.3) is 0 Å². The van der Waals surface area contributed by atoms with Crippen molar-refractivity contribution >= 4 is 45.2 Å². The highest BCUT2D eigenvalue weighted by Crippen LogP contribution is 2.23. The largest absolute Gasteiger partial charge is 0.452 e. The molecule has 3 nitrogen and oxygen atoms in total. The maximum absolute atomic E-state index is 11.4. The van der Waals surface area contributed by atoms with E-state index in [0.717, 1.165) is 9.28 Å². The number of hydrogen-bond acceptors (Lipinski definition) is 6. The summed E-state index contributed by atoms with van der Waals surface area (Å²) in [7, 11) is 0. The molecule has 6 heteroatoms. The molecule has 0 saturated heterocycles. The van der Waals surface area contributed by atoms with Crippen molar-refractivity contribution in [1.29, 1.82) is 5.26 Å². The van der Waals surface area contributed by atoms with E-state index in [1.54, 1.807) is 23.5 Å². The van der Waals surface area contributed by atoms with Crippen molar-refractivity contribution in [2.45, 2.75) is 84.0 Å². The van der Waals surface area contributed by atoms with Crippen LogP contribution in [-0.4, -0.2) is 27.6 Å². The van der Waals surface area contributed by atoms with Crippen LogP contribution >= 0.6 is 35.7 Å². The summed E-state index contributed by atoms with van der Waals surface area (Å²) in [5.74, 6) is 3.40. The minimum Gasteiger partial charge on any atom is -0.452 e. The van der Waals surface area contributed by atoms with Crippen LogP contribution in [0.2, 0.25) is 0 Å². The number of carbonyl (C=O) groups excluding carboxylic acids is 1. The Hall–Kier alpha value is -0.690. The Kier molecular flexibility index (Phi) is 20.5. The van der Waals surface area contributed by atoms with Crippen molar-refractivity contribution in [3.05, 3.63) is 0 Å².